The zero-order valence-corrected chi connectivity index (χ0v) is 12.1. The van der Waals surface area contributed by atoms with Crippen molar-refractivity contribution >= 4 is 17.3 Å². The lowest BCUT2D eigenvalue weighted by atomic mass is 10.0. The Morgan fingerprint density at radius 3 is 2.65 bits per heavy atom. The number of aryl methyl sites for hydroxylation is 1. The molecule has 0 radical (unpaired) electrons. The van der Waals surface area contributed by atoms with E-state index in [4.69, 9.17) is 9.84 Å². The minimum Gasteiger partial charge on any atom is -0.479 e. The van der Waals surface area contributed by atoms with Crippen LogP contribution in [0.3, 0.4) is 0 Å². The average molecular weight is 292 g/mol. The van der Waals surface area contributed by atoms with Crippen molar-refractivity contribution in [3.05, 3.63) is 51.7 Å². The number of thiophene rings is 1. The van der Waals surface area contributed by atoms with E-state index in [-0.39, 0.29) is 0 Å². The Balaban J connectivity index is 2.20. The third kappa shape index (κ3) is 3.18. The average Bonchev–Trinajstić information content (AvgIpc) is 2.91. The minimum atomic E-state index is -1.01. The maximum atomic E-state index is 10.8. The van der Waals surface area contributed by atoms with E-state index in [1.165, 1.54) is 18.3 Å². The summed E-state index contributed by atoms with van der Waals surface area (Å²) < 4.78 is 5.30. The molecule has 20 heavy (non-hydrogen) atoms. The van der Waals surface area contributed by atoms with E-state index in [1.807, 2.05) is 24.4 Å². The van der Waals surface area contributed by atoms with E-state index in [0.29, 0.717) is 5.75 Å². The maximum Gasteiger partial charge on any atom is 0.344 e. The van der Waals surface area contributed by atoms with Crippen LogP contribution in [0.15, 0.2) is 35.7 Å². The number of aliphatic hydroxyl groups is 1. The Kier molecular flexibility index (Phi) is 4.42. The molecule has 4 nitrogen and oxygen atoms in total. The number of rotatable bonds is 5. The number of aliphatic carboxylic acids is 1. The van der Waals surface area contributed by atoms with E-state index in [9.17, 15) is 9.90 Å². The van der Waals surface area contributed by atoms with Crippen LogP contribution in [0.25, 0.3) is 0 Å². The number of carbonyl (C=O) groups is 1. The summed E-state index contributed by atoms with van der Waals surface area (Å²) in [5.74, 6) is -0.523. The van der Waals surface area contributed by atoms with Crippen molar-refractivity contribution in [1.82, 2.24) is 0 Å². The van der Waals surface area contributed by atoms with Crippen LogP contribution in [0.1, 0.15) is 29.0 Å². The van der Waals surface area contributed by atoms with Gasteiger partial charge in [0, 0.05) is 4.88 Å². The monoisotopic (exact) mass is 292 g/mol. The molecule has 1 aromatic carbocycles. The van der Waals surface area contributed by atoms with Crippen molar-refractivity contribution in [3.63, 3.8) is 0 Å². The van der Waals surface area contributed by atoms with Crippen LogP contribution in [0, 0.1) is 6.92 Å². The van der Waals surface area contributed by atoms with E-state index in [2.05, 4.69) is 0 Å². The first-order chi connectivity index (χ1) is 9.49. The summed E-state index contributed by atoms with van der Waals surface area (Å²) in [6, 6.07) is 8.96. The highest BCUT2D eigenvalue weighted by Crippen LogP contribution is 2.30. The van der Waals surface area contributed by atoms with Crippen LogP contribution in [0.5, 0.6) is 5.75 Å². The number of hydrogen-bond acceptors (Lipinski definition) is 4. The lowest BCUT2D eigenvalue weighted by molar-refractivity contribution is -0.144. The number of carboxylic acid groups (broad SMARTS) is 1. The topological polar surface area (TPSA) is 66.8 Å². The zero-order valence-electron chi connectivity index (χ0n) is 11.2. The Morgan fingerprint density at radius 2 is 2.10 bits per heavy atom. The van der Waals surface area contributed by atoms with Crippen LogP contribution in [-0.4, -0.2) is 22.3 Å². The summed E-state index contributed by atoms with van der Waals surface area (Å²) in [4.78, 5) is 11.6. The normalized spacial score (nSPS) is 13.8. The van der Waals surface area contributed by atoms with E-state index in [0.717, 1.165) is 16.0 Å². The van der Waals surface area contributed by atoms with Gasteiger partial charge in [0.15, 0.2) is 6.10 Å². The predicted molar refractivity (Wildman–Crippen MR) is 77.3 cm³/mol. The number of carboxylic acids is 1. The molecule has 0 bridgehead atoms. The summed E-state index contributed by atoms with van der Waals surface area (Å²) in [5, 5.41) is 21.0. The van der Waals surface area contributed by atoms with Crippen molar-refractivity contribution in [2.75, 3.05) is 0 Å². The molecule has 0 saturated heterocycles. The molecule has 0 aliphatic heterocycles. The highest BCUT2D eigenvalue weighted by atomic mass is 32.1. The molecule has 0 spiro atoms. The molecule has 0 saturated carbocycles. The van der Waals surface area contributed by atoms with Crippen LogP contribution in [-0.2, 0) is 4.79 Å². The molecule has 1 aromatic heterocycles. The third-order valence-corrected chi connectivity index (χ3v) is 3.93. The van der Waals surface area contributed by atoms with Crippen molar-refractivity contribution in [1.29, 1.82) is 0 Å². The number of hydrogen-bond donors (Lipinski definition) is 2. The Labute approximate surface area is 121 Å². The molecule has 1 heterocycles. The first-order valence-corrected chi connectivity index (χ1v) is 7.08. The van der Waals surface area contributed by atoms with Gasteiger partial charge in [-0.25, -0.2) is 4.79 Å². The molecule has 0 amide bonds. The molecule has 2 aromatic rings. The lowest BCUT2D eigenvalue weighted by Gasteiger charge is -2.15. The second kappa shape index (κ2) is 6.07. The van der Waals surface area contributed by atoms with Gasteiger partial charge in [0.05, 0.1) is 0 Å². The molecule has 5 heteroatoms. The summed E-state index contributed by atoms with van der Waals surface area (Å²) in [7, 11) is 0. The van der Waals surface area contributed by atoms with Gasteiger partial charge >= 0.3 is 5.97 Å². The number of benzene rings is 1. The van der Waals surface area contributed by atoms with Gasteiger partial charge in [-0.15, -0.1) is 11.3 Å². The highest BCUT2D eigenvalue weighted by Gasteiger charge is 2.16. The van der Waals surface area contributed by atoms with Crippen molar-refractivity contribution in [3.8, 4) is 5.75 Å². The van der Waals surface area contributed by atoms with E-state index in [1.54, 1.807) is 18.2 Å². The predicted octanol–water partition coefficient (Wildman–Crippen LogP) is 2.99. The minimum absolute atomic E-state index is 0.486. The quantitative estimate of drug-likeness (QED) is 0.889. The van der Waals surface area contributed by atoms with Gasteiger partial charge in [-0.1, -0.05) is 12.1 Å². The molecule has 0 aliphatic carbocycles. The molecule has 0 aliphatic rings. The Morgan fingerprint density at radius 1 is 1.35 bits per heavy atom. The fraction of sp³-hybridized carbons (Fsp3) is 0.267. The fourth-order valence-corrected chi connectivity index (χ4v) is 2.61. The van der Waals surface area contributed by atoms with Gasteiger partial charge in [-0.05, 0) is 48.6 Å². The summed E-state index contributed by atoms with van der Waals surface area (Å²) in [6.07, 6.45) is -1.57. The molecule has 2 N–H and O–H groups in total. The molecule has 2 unspecified atom stereocenters. The van der Waals surface area contributed by atoms with Crippen molar-refractivity contribution in [2.24, 2.45) is 0 Å². The van der Waals surface area contributed by atoms with Crippen LogP contribution >= 0.6 is 11.3 Å². The van der Waals surface area contributed by atoms with Gasteiger partial charge in [-0.3, -0.25) is 0 Å². The lowest BCUT2D eigenvalue weighted by Crippen LogP contribution is -2.22. The Bertz CT molecular complexity index is 592. The first kappa shape index (κ1) is 14.6. The zero-order chi connectivity index (χ0) is 14.7. The largest absolute Gasteiger partial charge is 0.479 e. The van der Waals surface area contributed by atoms with Gasteiger partial charge in [0.25, 0.3) is 0 Å². The van der Waals surface area contributed by atoms with E-state index >= 15 is 0 Å². The number of aliphatic hydroxyl groups excluding tert-OH is 1. The summed E-state index contributed by atoms with van der Waals surface area (Å²) in [6.45, 7) is 3.34. The van der Waals surface area contributed by atoms with Crippen molar-refractivity contribution < 1.29 is 19.7 Å². The van der Waals surface area contributed by atoms with Gasteiger partial charge in [0.1, 0.15) is 11.9 Å². The molecular weight excluding hydrogens is 276 g/mol. The summed E-state index contributed by atoms with van der Waals surface area (Å²) in [5.41, 5.74) is 1.66. The fourth-order valence-electron chi connectivity index (χ4n) is 1.88. The third-order valence-electron chi connectivity index (χ3n) is 3.01. The standard InChI is InChI=1S/C15H16O4S/c1-9-8-11(19-10(2)15(17)18)5-6-12(9)14(16)13-4-3-7-20-13/h3-8,10,14,16H,1-2H3,(H,17,18). The molecule has 2 atom stereocenters. The SMILES string of the molecule is Cc1cc(OC(C)C(=O)O)ccc1C(O)c1cccs1. The van der Waals surface area contributed by atoms with Crippen LogP contribution in [0.4, 0.5) is 0 Å². The smallest absolute Gasteiger partial charge is 0.344 e. The Hall–Kier alpha value is -1.85. The molecule has 0 fully saturated rings. The van der Waals surface area contributed by atoms with Gasteiger partial charge in [0.2, 0.25) is 0 Å². The van der Waals surface area contributed by atoms with Gasteiger partial charge in [-0.2, -0.15) is 0 Å². The van der Waals surface area contributed by atoms with Crippen LogP contribution in [0.2, 0.25) is 0 Å². The maximum absolute atomic E-state index is 10.8. The highest BCUT2D eigenvalue weighted by molar-refractivity contribution is 7.10. The van der Waals surface area contributed by atoms with Crippen molar-refractivity contribution in [2.45, 2.75) is 26.1 Å². The molecule has 2 rings (SSSR count). The second-order valence-electron chi connectivity index (χ2n) is 4.53. The summed E-state index contributed by atoms with van der Waals surface area (Å²) >= 11 is 1.49. The van der Waals surface area contributed by atoms with Crippen LogP contribution < -0.4 is 4.74 Å². The number of ether oxygens (including phenoxy) is 1. The van der Waals surface area contributed by atoms with Gasteiger partial charge < -0.3 is 14.9 Å². The van der Waals surface area contributed by atoms with E-state index < -0.39 is 18.2 Å². The molecule has 106 valence electrons. The second-order valence-corrected chi connectivity index (χ2v) is 5.51. The molecular formula is C15H16O4S. The first-order valence-electron chi connectivity index (χ1n) is 6.20.